The van der Waals surface area contributed by atoms with Gasteiger partial charge in [0.15, 0.2) is 0 Å². The van der Waals surface area contributed by atoms with E-state index in [4.69, 9.17) is 0 Å². The molecule has 0 fully saturated rings. The van der Waals surface area contributed by atoms with Gasteiger partial charge in [-0.25, -0.2) is 8.42 Å². The molecule has 0 aromatic heterocycles. The van der Waals surface area contributed by atoms with Crippen molar-refractivity contribution in [2.24, 2.45) is 0 Å². The number of carboxylic acid groups (broad SMARTS) is 1. The number of hydrogen-bond donors (Lipinski definition) is 0. The van der Waals surface area contributed by atoms with Crippen LogP contribution < -0.4 is 5.11 Å². The van der Waals surface area contributed by atoms with Crippen molar-refractivity contribution in [1.82, 2.24) is 4.31 Å². The minimum Gasteiger partial charge on any atom is -0.548 e. The number of aliphatic carboxylic acids is 1. The molecule has 0 N–H and O–H groups in total. The Bertz CT molecular complexity index is 563. The van der Waals surface area contributed by atoms with E-state index in [0.29, 0.717) is 0 Å². The Morgan fingerprint density at radius 2 is 1.95 bits per heavy atom. The number of carbonyl (C=O) groups is 1. The molecule has 1 rings (SSSR count). The lowest BCUT2D eigenvalue weighted by Gasteiger charge is -2.27. The molecule has 1 unspecified atom stereocenters. The van der Waals surface area contributed by atoms with E-state index in [1.54, 1.807) is 12.1 Å². The van der Waals surface area contributed by atoms with E-state index in [1.807, 2.05) is 6.92 Å². The Morgan fingerprint density at radius 3 is 2.37 bits per heavy atom. The minimum absolute atomic E-state index is 0.0491. The molecule has 1 aromatic rings. The average molecular weight is 282 g/mol. The van der Waals surface area contributed by atoms with Gasteiger partial charge in [-0.1, -0.05) is 23.8 Å². The largest absolute Gasteiger partial charge is 0.548 e. The molecule has 0 bridgehead atoms. The third-order valence-electron chi connectivity index (χ3n) is 2.71. The first-order valence-electron chi connectivity index (χ1n) is 5.71. The van der Waals surface area contributed by atoms with Gasteiger partial charge in [-0.2, -0.15) is 4.31 Å². The van der Waals surface area contributed by atoms with Crippen molar-refractivity contribution in [3.63, 3.8) is 0 Å². The van der Waals surface area contributed by atoms with Crippen molar-refractivity contribution in [1.29, 1.82) is 0 Å². The van der Waals surface area contributed by atoms with Crippen molar-refractivity contribution in [3.05, 3.63) is 42.5 Å². The van der Waals surface area contributed by atoms with Crippen LogP contribution >= 0.6 is 0 Å². The van der Waals surface area contributed by atoms with Crippen LogP contribution in [-0.4, -0.2) is 31.3 Å². The first-order valence-corrected chi connectivity index (χ1v) is 7.15. The number of hydrogen-bond acceptors (Lipinski definition) is 4. The molecule has 0 aliphatic rings. The lowest BCUT2D eigenvalue weighted by molar-refractivity contribution is -0.309. The lowest BCUT2D eigenvalue weighted by atomic mass is 10.2. The van der Waals surface area contributed by atoms with Crippen molar-refractivity contribution in [2.45, 2.75) is 24.8 Å². The Balaban J connectivity index is 3.23. The zero-order valence-corrected chi connectivity index (χ0v) is 11.7. The Morgan fingerprint density at radius 1 is 1.42 bits per heavy atom. The third-order valence-corrected chi connectivity index (χ3v) is 4.66. The van der Waals surface area contributed by atoms with E-state index in [2.05, 4.69) is 6.58 Å². The maximum absolute atomic E-state index is 12.4. The standard InChI is InChI=1S/C13H17NO4S/c1-4-9-14(11(3)13(15)16)19(17,18)12-7-5-10(2)6-8-12/h4-8,11H,1,9H2,2-3H3,(H,15,16)/p-1. The van der Waals surface area contributed by atoms with Gasteiger partial charge in [-0.05, 0) is 26.0 Å². The molecule has 6 heteroatoms. The van der Waals surface area contributed by atoms with E-state index in [1.165, 1.54) is 25.1 Å². The number of aryl methyl sites for hydroxylation is 1. The fourth-order valence-corrected chi connectivity index (χ4v) is 3.11. The predicted octanol–water partition coefficient (Wildman–Crippen LogP) is 0.310. The molecule has 19 heavy (non-hydrogen) atoms. The molecule has 1 atom stereocenters. The van der Waals surface area contributed by atoms with Gasteiger partial charge < -0.3 is 9.90 Å². The van der Waals surface area contributed by atoms with Crippen LogP contribution in [0.4, 0.5) is 0 Å². The SMILES string of the molecule is C=CCN(C(C)C(=O)[O-])S(=O)(=O)c1ccc(C)cc1. The zero-order valence-electron chi connectivity index (χ0n) is 10.9. The number of nitrogens with zero attached hydrogens (tertiary/aromatic N) is 1. The third kappa shape index (κ3) is 3.42. The molecule has 0 saturated carbocycles. The summed E-state index contributed by atoms with van der Waals surface area (Å²) in [4.78, 5) is 10.9. The highest BCUT2D eigenvalue weighted by Crippen LogP contribution is 2.18. The fraction of sp³-hybridized carbons (Fsp3) is 0.308. The summed E-state index contributed by atoms with van der Waals surface area (Å²) in [5, 5.41) is 10.9. The molecule has 0 heterocycles. The van der Waals surface area contributed by atoms with Crippen LogP contribution in [0.1, 0.15) is 12.5 Å². The Kier molecular flexibility index (Phi) is 4.85. The van der Waals surface area contributed by atoms with E-state index >= 15 is 0 Å². The molecular weight excluding hydrogens is 266 g/mol. The molecule has 5 nitrogen and oxygen atoms in total. The molecule has 0 aliphatic heterocycles. The van der Waals surface area contributed by atoms with Crippen LogP contribution in [-0.2, 0) is 14.8 Å². The highest BCUT2D eigenvalue weighted by atomic mass is 32.2. The summed E-state index contributed by atoms with van der Waals surface area (Å²) in [5.74, 6) is -1.45. The monoisotopic (exact) mass is 282 g/mol. The summed E-state index contributed by atoms with van der Waals surface area (Å²) in [7, 11) is -3.88. The zero-order chi connectivity index (χ0) is 14.6. The summed E-state index contributed by atoms with van der Waals surface area (Å²) in [6.45, 7) is 6.46. The molecule has 104 valence electrons. The second-order valence-corrected chi connectivity index (χ2v) is 6.06. The summed E-state index contributed by atoms with van der Waals surface area (Å²) < 4.78 is 25.6. The fourth-order valence-electron chi connectivity index (χ4n) is 1.55. The quantitative estimate of drug-likeness (QED) is 0.704. The van der Waals surface area contributed by atoms with Gasteiger partial charge in [0.05, 0.1) is 16.9 Å². The van der Waals surface area contributed by atoms with E-state index in [-0.39, 0.29) is 11.4 Å². The van der Waals surface area contributed by atoms with Crippen LogP contribution in [0, 0.1) is 6.92 Å². The molecular formula is C13H16NO4S-. The maximum atomic E-state index is 12.4. The number of sulfonamides is 1. The van der Waals surface area contributed by atoms with Crippen LogP contribution in [0.5, 0.6) is 0 Å². The van der Waals surface area contributed by atoms with E-state index in [0.717, 1.165) is 9.87 Å². The predicted molar refractivity (Wildman–Crippen MR) is 69.7 cm³/mol. The van der Waals surface area contributed by atoms with Crippen molar-refractivity contribution in [2.75, 3.05) is 6.54 Å². The van der Waals surface area contributed by atoms with Crippen molar-refractivity contribution < 1.29 is 18.3 Å². The van der Waals surface area contributed by atoms with Gasteiger partial charge in [-0.15, -0.1) is 6.58 Å². The van der Waals surface area contributed by atoms with Crippen LogP contribution in [0.15, 0.2) is 41.8 Å². The molecule has 1 aromatic carbocycles. The summed E-state index contributed by atoms with van der Waals surface area (Å²) in [6.07, 6.45) is 1.34. The van der Waals surface area contributed by atoms with Gasteiger partial charge in [-0.3, -0.25) is 0 Å². The molecule has 0 amide bonds. The molecule has 0 spiro atoms. The Labute approximate surface area is 113 Å². The summed E-state index contributed by atoms with van der Waals surface area (Å²) in [6, 6.07) is 4.95. The highest BCUT2D eigenvalue weighted by Gasteiger charge is 2.28. The molecule has 0 aliphatic carbocycles. The molecule has 0 radical (unpaired) electrons. The Hall–Kier alpha value is -1.66. The van der Waals surface area contributed by atoms with Crippen LogP contribution in [0.25, 0.3) is 0 Å². The van der Waals surface area contributed by atoms with Gasteiger partial charge in [0.2, 0.25) is 10.0 Å². The summed E-state index contributed by atoms with van der Waals surface area (Å²) >= 11 is 0. The number of benzene rings is 1. The first kappa shape index (κ1) is 15.4. The number of rotatable bonds is 6. The topological polar surface area (TPSA) is 77.5 Å². The van der Waals surface area contributed by atoms with Crippen LogP contribution in [0.3, 0.4) is 0 Å². The lowest BCUT2D eigenvalue weighted by Crippen LogP contribution is -2.48. The van der Waals surface area contributed by atoms with Crippen molar-refractivity contribution in [3.8, 4) is 0 Å². The summed E-state index contributed by atoms with van der Waals surface area (Å²) in [5.41, 5.74) is 0.919. The van der Waals surface area contributed by atoms with Gasteiger partial charge >= 0.3 is 0 Å². The van der Waals surface area contributed by atoms with E-state index < -0.39 is 22.0 Å². The molecule has 0 saturated heterocycles. The van der Waals surface area contributed by atoms with Crippen molar-refractivity contribution >= 4 is 16.0 Å². The smallest absolute Gasteiger partial charge is 0.243 e. The number of carboxylic acids is 1. The maximum Gasteiger partial charge on any atom is 0.243 e. The number of carbonyl (C=O) groups excluding carboxylic acids is 1. The minimum atomic E-state index is -3.88. The van der Waals surface area contributed by atoms with Gasteiger partial charge in [0, 0.05) is 6.54 Å². The first-order chi connectivity index (χ1) is 8.80. The van der Waals surface area contributed by atoms with Gasteiger partial charge in [0.25, 0.3) is 0 Å². The second-order valence-electron chi connectivity index (χ2n) is 4.17. The van der Waals surface area contributed by atoms with Gasteiger partial charge in [0.1, 0.15) is 0 Å². The van der Waals surface area contributed by atoms with Crippen LogP contribution in [0.2, 0.25) is 0 Å². The highest BCUT2D eigenvalue weighted by molar-refractivity contribution is 7.89. The van der Waals surface area contributed by atoms with E-state index in [9.17, 15) is 18.3 Å². The normalized spacial score (nSPS) is 13.2. The average Bonchev–Trinajstić information content (AvgIpc) is 2.35. The second kappa shape index (κ2) is 5.99.